The largest absolute Gasteiger partial charge is 0.327 e. The summed E-state index contributed by atoms with van der Waals surface area (Å²) in [7, 11) is 0. The van der Waals surface area contributed by atoms with Crippen molar-refractivity contribution in [1.29, 1.82) is 0 Å². The molecule has 19 heavy (non-hydrogen) atoms. The number of nitrogens with zero attached hydrogens (tertiary/aromatic N) is 2. The van der Waals surface area contributed by atoms with Gasteiger partial charge in [-0.2, -0.15) is 0 Å². The van der Waals surface area contributed by atoms with Gasteiger partial charge in [-0.3, -0.25) is 0 Å². The minimum Gasteiger partial charge on any atom is -0.327 e. The second kappa shape index (κ2) is 5.45. The topological polar surface area (TPSA) is 17.8 Å². The number of hydrogen-bond donors (Lipinski definition) is 0. The zero-order valence-corrected chi connectivity index (χ0v) is 11.3. The molecule has 0 unspecified atom stereocenters. The van der Waals surface area contributed by atoms with Gasteiger partial charge >= 0.3 is 0 Å². The third kappa shape index (κ3) is 2.49. The Morgan fingerprint density at radius 2 is 1.68 bits per heavy atom. The van der Waals surface area contributed by atoms with E-state index in [0.29, 0.717) is 5.88 Å². The van der Waals surface area contributed by atoms with Crippen LogP contribution in [-0.4, -0.2) is 9.55 Å². The number of hydrogen-bond acceptors (Lipinski definition) is 1. The molecule has 0 saturated carbocycles. The minimum atomic E-state index is 0.448. The van der Waals surface area contributed by atoms with E-state index in [9.17, 15) is 0 Å². The van der Waals surface area contributed by atoms with E-state index in [1.807, 2.05) is 24.3 Å². The smallest absolute Gasteiger partial charge is 0.124 e. The van der Waals surface area contributed by atoms with Crippen molar-refractivity contribution in [3.63, 3.8) is 0 Å². The van der Waals surface area contributed by atoms with Gasteiger partial charge in [0.05, 0.1) is 16.9 Å². The van der Waals surface area contributed by atoms with Crippen LogP contribution in [0.25, 0.3) is 11.0 Å². The van der Waals surface area contributed by atoms with E-state index >= 15 is 0 Å². The van der Waals surface area contributed by atoms with Crippen LogP contribution in [0.3, 0.4) is 0 Å². The van der Waals surface area contributed by atoms with Crippen LogP contribution in [0, 0.1) is 0 Å². The predicted octanol–water partition coefficient (Wildman–Crippen LogP) is 4.02. The molecular formula is C16H15ClN2. The van der Waals surface area contributed by atoms with Gasteiger partial charge in [-0.25, -0.2) is 4.98 Å². The molecule has 0 amide bonds. The van der Waals surface area contributed by atoms with Gasteiger partial charge in [0.1, 0.15) is 5.82 Å². The first-order chi connectivity index (χ1) is 9.38. The van der Waals surface area contributed by atoms with Gasteiger partial charge in [-0.05, 0) is 24.1 Å². The number of halogens is 1. The number of aromatic nitrogens is 2. The van der Waals surface area contributed by atoms with E-state index < -0.39 is 0 Å². The average molecular weight is 271 g/mol. The summed E-state index contributed by atoms with van der Waals surface area (Å²) in [6.07, 6.45) is 0.991. The van der Waals surface area contributed by atoms with Crippen LogP contribution in [0.15, 0.2) is 54.6 Å². The van der Waals surface area contributed by atoms with Crippen LogP contribution in [0.4, 0.5) is 0 Å². The molecule has 0 radical (unpaired) electrons. The SMILES string of the molecule is ClCc1nc2ccccc2n1CCc1ccccc1. The Hall–Kier alpha value is -1.80. The van der Waals surface area contributed by atoms with E-state index in [1.165, 1.54) is 5.56 Å². The number of imidazole rings is 1. The molecule has 3 heteroatoms. The fraction of sp³-hybridized carbons (Fsp3) is 0.188. The fourth-order valence-corrected chi connectivity index (χ4v) is 2.57. The van der Waals surface area contributed by atoms with Crippen molar-refractivity contribution in [3.05, 3.63) is 66.0 Å². The average Bonchev–Trinajstić information content (AvgIpc) is 2.84. The maximum Gasteiger partial charge on any atom is 0.124 e. The summed E-state index contributed by atoms with van der Waals surface area (Å²) in [6.45, 7) is 0.909. The molecule has 96 valence electrons. The van der Waals surface area contributed by atoms with E-state index in [4.69, 9.17) is 11.6 Å². The van der Waals surface area contributed by atoms with Gasteiger partial charge in [0.2, 0.25) is 0 Å². The van der Waals surface area contributed by atoms with E-state index in [1.54, 1.807) is 0 Å². The lowest BCUT2D eigenvalue weighted by Gasteiger charge is -2.07. The van der Waals surface area contributed by atoms with Crippen molar-refractivity contribution < 1.29 is 0 Å². The van der Waals surface area contributed by atoms with Crippen LogP contribution < -0.4 is 0 Å². The van der Waals surface area contributed by atoms with Crippen molar-refractivity contribution in [2.45, 2.75) is 18.8 Å². The highest BCUT2D eigenvalue weighted by atomic mass is 35.5. The molecule has 0 saturated heterocycles. The Labute approximate surface area is 117 Å². The van der Waals surface area contributed by atoms with Gasteiger partial charge in [0.25, 0.3) is 0 Å². The quantitative estimate of drug-likeness (QED) is 0.655. The first-order valence-corrected chi connectivity index (χ1v) is 6.96. The fourth-order valence-electron chi connectivity index (χ4n) is 2.36. The number of alkyl halides is 1. The van der Waals surface area contributed by atoms with Crippen molar-refractivity contribution in [1.82, 2.24) is 9.55 Å². The highest BCUT2D eigenvalue weighted by Gasteiger charge is 2.08. The van der Waals surface area contributed by atoms with Crippen molar-refractivity contribution in [2.24, 2.45) is 0 Å². The number of rotatable bonds is 4. The van der Waals surface area contributed by atoms with Crippen LogP contribution in [-0.2, 0) is 18.8 Å². The number of para-hydroxylation sites is 2. The molecule has 0 aliphatic carbocycles. The molecule has 1 heterocycles. The van der Waals surface area contributed by atoms with Crippen LogP contribution >= 0.6 is 11.6 Å². The lowest BCUT2D eigenvalue weighted by Crippen LogP contribution is -2.05. The van der Waals surface area contributed by atoms with Crippen LogP contribution in [0.1, 0.15) is 11.4 Å². The molecule has 0 aliphatic heterocycles. The molecule has 3 aromatic rings. The predicted molar refractivity (Wildman–Crippen MR) is 79.4 cm³/mol. The number of benzene rings is 2. The van der Waals surface area contributed by atoms with Gasteiger partial charge < -0.3 is 4.57 Å². The second-order valence-corrected chi connectivity index (χ2v) is 4.80. The zero-order chi connectivity index (χ0) is 13.1. The Bertz CT molecular complexity index is 674. The molecule has 0 atom stereocenters. The number of aryl methyl sites for hydroxylation is 2. The van der Waals surface area contributed by atoms with E-state index in [0.717, 1.165) is 29.8 Å². The highest BCUT2D eigenvalue weighted by molar-refractivity contribution is 6.16. The van der Waals surface area contributed by atoms with Gasteiger partial charge in [-0.15, -0.1) is 11.6 Å². The van der Waals surface area contributed by atoms with Crippen LogP contribution in [0.5, 0.6) is 0 Å². The highest BCUT2D eigenvalue weighted by Crippen LogP contribution is 2.18. The molecule has 2 aromatic carbocycles. The first-order valence-electron chi connectivity index (χ1n) is 6.42. The molecule has 3 rings (SSSR count). The summed E-state index contributed by atoms with van der Waals surface area (Å²) in [4.78, 5) is 4.57. The molecule has 0 bridgehead atoms. The normalized spacial score (nSPS) is 11.0. The van der Waals surface area contributed by atoms with Crippen LogP contribution in [0.2, 0.25) is 0 Å². The molecule has 0 N–H and O–H groups in total. The lowest BCUT2D eigenvalue weighted by molar-refractivity contribution is 0.688. The van der Waals surface area contributed by atoms with Crippen molar-refractivity contribution >= 4 is 22.6 Å². The maximum atomic E-state index is 6.00. The number of fused-ring (bicyclic) bond motifs is 1. The summed E-state index contributed by atoms with van der Waals surface area (Å²) in [6, 6.07) is 18.7. The monoisotopic (exact) mass is 270 g/mol. The molecular weight excluding hydrogens is 256 g/mol. The molecule has 0 spiro atoms. The first kappa shape index (κ1) is 12.2. The van der Waals surface area contributed by atoms with Gasteiger partial charge in [0.15, 0.2) is 0 Å². The van der Waals surface area contributed by atoms with Crippen molar-refractivity contribution in [2.75, 3.05) is 0 Å². The zero-order valence-electron chi connectivity index (χ0n) is 10.6. The van der Waals surface area contributed by atoms with E-state index in [2.05, 4.69) is 39.9 Å². The van der Waals surface area contributed by atoms with Gasteiger partial charge in [0, 0.05) is 6.54 Å². The van der Waals surface area contributed by atoms with Gasteiger partial charge in [-0.1, -0.05) is 42.5 Å². The summed E-state index contributed by atoms with van der Waals surface area (Å²) >= 11 is 6.00. The molecule has 1 aromatic heterocycles. The Kier molecular flexibility index (Phi) is 3.51. The lowest BCUT2D eigenvalue weighted by atomic mass is 10.1. The summed E-state index contributed by atoms with van der Waals surface area (Å²) < 4.78 is 2.22. The summed E-state index contributed by atoms with van der Waals surface area (Å²) in [5.41, 5.74) is 3.51. The minimum absolute atomic E-state index is 0.448. The summed E-state index contributed by atoms with van der Waals surface area (Å²) in [5.74, 6) is 1.39. The maximum absolute atomic E-state index is 6.00. The summed E-state index contributed by atoms with van der Waals surface area (Å²) in [5, 5.41) is 0. The Morgan fingerprint density at radius 1 is 0.947 bits per heavy atom. The standard InChI is InChI=1S/C16H15ClN2/c17-12-16-18-14-8-4-5-9-15(14)19(16)11-10-13-6-2-1-3-7-13/h1-9H,10-12H2. The van der Waals surface area contributed by atoms with E-state index in [-0.39, 0.29) is 0 Å². The molecule has 0 aliphatic rings. The third-order valence-electron chi connectivity index (χ3n) is 3.32. The van der Waals surface area contributed by atoms with Crippen molar-refractivity contribution in [3.8, 4) is 0 Å². The molecule has 0 fully saturated rings. The Balaban J connectivity index is 1.91. The molecule has 2 nitrogen and oxygen atoms in total. The Morgan fingerprint density at radius 3 is 2.47 bits per heavy atom. The second-order valence-electron chi connectivity index (χ2n) is 4.54. The third-order valence-corrected chi connectivity index (χ3v) is 3.56.